The minimum atomic E-state index is -4.06. The Hall–Kier alpha value is -2.00. The van der Waals surface area contributed by atoms with Crippen molar-refractivity contribution in [3.63, 3.8) is 0 Å². The van der Waals surface area contributed by atoms with E-state index in [4.69, 9.17) is 5.73 Å². The monoisotopic (exact) mass is 318 g/mol. The minimum Gasteiger partial charge on any atom is -0.453 e. The normalized spacial score (nSPS) is 12.7. The molecule has 1 rings (SSSR count). The molecule has 9 heteroatoms. The number of esters is 1. The first-order valence-electron chi connectivity index (χ1n) is 5.97. The lowest BCUT2D eigenvalue weighted by Gasteiger charge is -2.10. The highest BCUT2D eigenvalue weighted by Gasteiger charge is 2.19. The van der Waals surface area contributed by atoms with Crippen LogP contribution in [0.15, 0.2) is 29.2 Å². The van der Waals surface area contributed by atoms with E-state index >= 15 is 0 Å². The van der Waals surface area contributed by atoms with Crippen molar-refractivity contribution < 1.29 is 27.1 Å². The number of benzene rings is 1. The first kappa shape index (κ1) is 17.1. The quantitative estimate of drug-likeness (QED) is 0.682. The molecule has 1 atom stereocenters. The van der Waals surface area contributed by atoms with Gasteiger partial charge in [-0.2, -0.15) is 0 Å². The molecule has 1 aromatic carbocycles. The number of ether oxygens (including phenoxy) is 1. The number of rotatable bonds is 7. The number of nitrogens with one attached hydrogen (secondary N) is 1. The molecule has 0 fully saturated rings. The molecule has 0 aliphatic heterocycles. The van der Waals surface area contributed by atoms with Crippen LogP contribution >= 0.6 is 0 Å². The summed E-state index contributed by atoms with van der Waals surface area (Å²) in [5.41, 5.74) is 4.91. The van der Waals surface area contributed by atoms with Crippen molar-refractivity contribution >= 4 is 21.9 Å². The van der Waals surface area contributed by atoms with Crippen LogP contribution in [-0.4, -0.2) is 32.9 Å². The van der Waals surface area contributed by atoms with Crippen LogP contribution in [0.1, 0.15) is 13.3 Å². The van der Waals surface area contributed by atoms with E-state index in [1.54, 1.807) is 0 Å². The topological polar surface area (TPSA) is 116 Å². The maximum Gasteiger partial charge on any atom is 0.307 e. The Morgan fingerprint density at radius 1 is 1.38 bits per heavy atom. The Balaban J connectivity index is 2.54. The van der Waals surface area contributed by atoms with E-state index < -0.39 is 38.7 Å². The number of nitrogens with two attached hydrogens (primary N) is 1. The van der Waals surface area contributed by atoms with Crippen LogP contribution < -0.4 is 10.5 Å². The van der Waals surface area contributed by atoms with Crippen molar-refractivity contribution in [3.05, 3.63) is 30.1 Å². The predicted octanol–water partition coefficient (Wildman–Crippen LogP) is -0.0889. The van der Waals surface area contributed by atoms with Gasteiger partial charge < -0.3 is 10.5 Å². The standard InChI is InChI=1S/C12H15FN2O5S/c1-8(12(14)17)20-11(16)6-7-15-21(18,19)10-5-3-2-4-9(10)13/h2-5,8,15H,6-7H2,1H3,(H2,14,17). The van der Waals surface area contributed by atoms with E-state index in [1.807, 2.05) is 0 Å². The van der Waals surface area contributed by atoms with Gasteiger partial charge in [0, 0.05) is 6.54 Å². The molecule has 0 bridgehead atoms. The lowest BCUT2D eigenvalue weighted by Crippen LogP contribution is -2.32. The lowest BCUT2D eigenvalue weighted by molar-refractivity contribution is -0.153. The zero-order valence-corrected chi connectivity index (χ0v) is 12.0. The van der Waals surface area contributed by atoms with E-state index in [1.165, 1.54) is 19.1 Å². The molecule has 21 heavy (non-hydrogen) atoms. The van der Waals surface area contributed by atoms with E-state index in [0.29, 0.717) is 0 Å². The number of carbonyl (C=O) groups is 2. The first-order valence-corrected chi connectivity index (χ1v) is 7.45. The van der Waals surface area contributed by atoms with Gasteiger partial charge in [-0.05, 0) is 19.1 Å². The zero-order chi connectivity index (χ0) is 16.0. The van der Waals surface area contributed by atoms with Gasteiger partial charge in [0.25, 0.3) is 5.91 Å². The predicted molar refractivity (Wildman–Crippen MR) is 71.0 cm³/mol. The van der Waals surface area contributed by atoms with Gasteiger partial charge in [-0.1, -0.05) is 12.1 Å². The second-order valence-electron chi connectivity index (χ2n) is 4.11. The molecule has 0 aliphatic carbocycles. The summed E-state index contributed by atoms with van der Waals surface area (Å²) < 4.78 is 43.6. The largest absolute Gasteiger partial charge is 0.453 e. The van der Waals surface area contributed by atoms with Gasteiger partial charge in [0.1, 0.15) is 10.7 Å². The summed E-state index contributed by atoms with van der Waals surface area (Å²) in [4.78, 5) is 21.5. The summed E-state index contributed by atoms with van der Waals surface area (Å²) in [5.74, 6) is -2.50. The van der Waals surface area contributed by atoms with Crippen molar-refractivity contribution in [1.29, 1.82) is 0 Å². The van der Waals surface area contributed by atoms with Crippen LogP contribution in [0.5, 0.6) is 0 Å². The number of carbonyl (C=O) groups excluding carboxylic acids is 2. The second-order valence-corrected chi connectivity index (χ2v) is 5.85. The summed E-state index contributed by atoms with van der Waals surface area (Å²) in [6.45, 7) is 1.00. The third-order valence-electron chi connectivity index (χ3n) is 2.46. The molecule has 0 saturated carbocycles. The van der Waals surface area contributed by atoms with E-state index in [0.717, 1.165) is 12.1 Å². The van der Waals surface area contributed by atoms with Crippen LogP contribution in [-0.2, 0) is 24.3 Å². The summed E-state index contributed by atoms with van der Waals surface area (Å²) >= 11 is 0. The maximum absolute atomic E-state index is 13.4. The number of halogens is 1. The molecule has 1 unspecified atom stereocenters. The molecule has 0 radical (unpaired) electrons. The molecule has 3 N–H and O–H groups in total. The zero-order valence-electron chi connectivity index (χ0n) is 11.2. The van der Waals surface area contributed by atoms with Gasteiger partial charge in [0.2, 0.25) is 10.0 Å². The third-order valence-corrected chi connectivity index (χ3v) is 3.95. The van der Waals surface area contributed by atoms with Gasteiger partial charge in [-0.3, -0.25) is 9.59 Å². The number of hydrogen-bond donors (Lipinski definition) is 2. The van der Waals surface area contributed by atoms with Crippen LogP contribution in [0.2, 0.25) is 0 Å². The molecule has 0 spiro atoms. The number of sulfonamides is 1. The van der Waals surface area contributed by atoms with E-state index in [2.05, 4.69) is 9.46 Å². The minimum absolute atomic E-state index is 0.291. The summed E-state index contributed by atoms with van der Waals surface area (Å²) in [6.07, 6.45) is -1.41. The molecule has 1 amide bonds. The highest BCUT2D eigenvalue weighted by molar-refractivity contribution is 7.89. The molecular weight excluding hydrogens is 303 g/mol. The molecular formula is C12H15FN2O5S. The van der Waals surface area contributed by atoms with Gasteiger partial charge in [0.15, 0.2) is 6.10 Å². The number of amides is 1. The molecule has 1 aromatic rings. The van der Waals surface area contributed by atoms with Crippen LogP contribution in [0.3, 0.4) is 0 Å². The van der Waals surface area contributed by atoms with E-state index in [9.17, 15) is 22.4 Å². The highest BCUT2D eigenvalue weighted by Crippen LogP contribution is 2.12. The lowest BCUT2D eigenvalue weighted by atomic mass is 10.3. The average Bonchev–Trinajstić information content (AvgIpc) is 2.38. The third kappa shape index (κ3) is 5.12. The first-order chi connectivity index (χ1) is 9.74. The van der Waals surface area contributed by atoms with Gasteiger partial charge >= 0.3 is 5.97 Å². The van der Waals surface area contributed by atoms with Gasteiger partial charge in [-0.25, -0.2) is 17.5 Å². The fourth-order valence-corrected chi connectivity index (χ4v) is 2.45. The maximum atomic E-state index is 13.4. The average molecular weight is 318 g/mol. The van der Waals surface area contributed by atoms with Crippen molar-refractivity contribution in [3.8, 4) is 0 Å². The van der Waals surface area contributed by atoms with Gasteiger partial charge in [-0.15, -0.1) is 0 Å². The van der Waals surface area contributed by atoms with Crippen LogP contribution in [0, 0.1) is 5.82 Å². The Bertz CT molecular complexity index is 632. The Morgan fingerprint density at radius 2 is 2.00 bits per heavy atom. The smallest absolute Gasteiger partial charge is 0.307 e. The van der Waals surface area contributed by atoms with Gasteiger partial charge in [0.05, 0.1) is 6.42 Å². The molecule has 0 heterocycles. The van der Waals surface area contributed by atoms with Crippen LogP contribution in [0.4, 0.5) is 4.39 Å². The fourth-order valence-electron chi connectivity index (χ4n) is 1.34. The van der Waals surface area contributed by atoms with Crippen LogP contribution in [0.25, 0.3) is 0 Å². The molecule has 0 aliphatic rings. The molecule has 116 valence electrons. The Kier molecular flexibility index (Phi) is 5.79. The van der Waals surface area contributed by atoms with Crippen molar-refractivity contribution in [1.82, 2.24) is 4.72 Å². The molecule has 7 nitrogen and oxygen atoms in total. The number of primary amides is 1. The Labute approximate surface area is 121 Å². The summed E-state index contributed by atoms with van der Waals surface area (Å²) in [6, 6.07) is 4.85. The van der Waals surface area contributed by atoms with E-state index in [-0.39, 0.29) is 13.0 Å². The highest BCUT2D eigenvalue weighted by atomic mass is 32.2. The van der Waals surface area contributed by atoms with Crippen molar-refractivity contribution in [2.24, 2.45) is 5.73 Å². The molecule has 0 saturated heterocycles. The summed E-state index contributed by atoms with van der Waals surface area (Å²) in [7, 11) is -4.06. The number of hydrogen-bond acceptors (Lipinski definition) is 5. The summed E-state index contributed by atoms with van der Waals surface area (Å²) in [5, 5.41) is 0. The second kappa shape index (κ2) is 7.14. The van der Waals surface area contributed by atoms with Crippen molar-refractivity contribution in [2.75, 3.05) is 6.54 Å². The molecule has 0 aromatic heterocycles. The van der Waals surface area contributed by atoms with Crippen molar-refractivity contribution in [2.45, 2.75) is 24.3 Å². The Morgan fingerprint density at radius 3 is 2.57 bits per heavy atom. The SMILES string of the molecule is CC(OC(=O)CCNS(=O)(=O)c1ccccc1F)C(N)=O. The fraction of sp³-hybridized carbons (Fsp3) is 0.333.